The van der Waals surface area contributed by atoms with Gasteiger partial charge < -0.3 is 14.8 Å². The predicted octanol–water partition coefficient (Wildman–Crippen LogP) is 2.92. The number of methoxy groups -OCH3 is 1. The number of amides is 1. The summed E-state index contributed by atoms with van der Waals surface area (Å²) >= 11 is 0. The van der Waals surface area contributed by atoms with Crippen LogP contribution in [0.15, 0.2) is 36.4 Å². The molecule has 1 amide bonds. The van der Waals surface area contributed by atoms with E-state index in [-0.39, 0.29) is 5.91 Å². The molecule has 23 heavy (non-hydrogen) atoms. The van der Waals surface area contributed by atoms with Crippen molar-refractivity contribution in [3.63, 3.8) is 0 Å². The van der Waals surface area contributed by atoms with Gasteiger partial charge in [-0.05, 0) is 30.9 Å². The van der Waals surface area contributed by atoms with Gasteiger partial charge in [-0.1, -0.05) is 31.2 Å². The molecule has 0 radical (unpaired) electrons. The van der Waals surface area contributed by atoms with Crippen molar-refractivity contribution >= 4 is 22.6 Å². The summed E-state index contributed by atoms with van der Waals surface area (Å²) in [6, 6.07) is 10.8. The summed E-state index contributed by atoms with van der Waals surface area (Å²) in [6.07, 6.45) is -0.00915. The summed E-state index contributed by atoms with van der Waals surface area (Å²) in [6.45, 7) is 4.08. The second-order valence-electron chi connectivity index (χ2n) is 5.20. The molecule has 0 aliphatic heterocycles. The molecule has 1 atom stereocenters. The third-order valence-electron chi connectivity index (χ3n) is 3.53. The highest BCUT2D eigenvalue weighted by Crippen LogP contribution is 2.28. The first kappa shape index (κ1) is 16.8. The van der Waals surface area contributed by atoms with Crippen LogP contribution in [0.25, 0.3) is 10.8 Å². The first-order chi connectivity index (χ1) is 11.1. The van der Waals surface area contributed by atoms with Crippen LogP contribution in [-0.2, 0) is 9.53 Å². The van der Waals surface area contributed by atoms with Gasteiger partial charge in [0.05, 0.1) is 12.7 Å². The van der Waals surface area contributed by atoms with E-state index in [9.17, 15) is 9.59 Å². The largest absolute Gasteiger partial charge is 0.496 e. The summed E-state index contributed by atoms with van der Waals surface area (Å²) in [5.74, 6) is -0.132. The average Bonchev–Trinajstić information content (AvgIpc) is 2.58. The molecule has 122 valence electrons. The van der Waals surface area contributed by atoms with E-state index in [1.54, 1.807) is 26.2 Å². The van der Waals surface area contributed by atoms with Crippen LogP contribution in [0.3, 0.4) is 0 Å². The molecule has 1 N–H and O–H groups in total. The van der Waals surface area contributed by atoms with Crippen LogP contribution >= 0.6 is 0 Å². The number of ether oxygens (including phenoxy) is 2. The van der Waals surface area contributed by atoms with Gasteiger partial charge in [-0.25, -0.2) is 4.79 Å². The van der Waals surface area contributed by atoms with Crippen LogP contribution in [0.2, 0.25) is 0 Å². The fourth-order valence-corrected chi connectivity index (χ4v) is 2.30. The number of benzene rings is 2. The minimum Gasteiger partial charge on any atom is -0.496 e. The van der Waals surface area contributed by atoms with E-state index in [0.717, 1.165) is 17.2 Å². The smallest absolute Gasteiger partial charge is 0.339 e. The molecular weight excluding hydrogens is 294 g/mol. The van der Waals surface area contributed by atoms with E-state index in [1.807, 2.05) is 31.2 Å². The van der Waals surface area contributed by atoms with Crippen LogP contribution < -0.4 is 10.1 Å². The Morgan fingerprint density at radius 2 is 1.83 bits per heavy atom. The zero-order chi connectivity index (χ0) is 16.8. The van der Waals surface area contributed by atoms with Crippen LogP contribution in [0.4, 0.5) is 0 Å². The normalized spacial score (nSPS) is 11.8. The van der Waals surface area contributed by atoms with Gasteiger partial charge in [0, 0.05) is 11.9 Å². The minimum absolute atomic E-state index is 0.294. The van der Waals surface area contributed by atoms with E-state index in [0.29, 0.717) is 17.9 Å². The second kappa shape index (κ2) is 7.63. The molecule has 0 aliphatic rings. The molecule has 0 heterocycles. The van der Waals surface area contributed by atoms with E-state index >= 15 is 0 Å². The molecule has 1 unspecified atom stereocenters. The Kier molecular flexibility index (Phi) is 5.57. The lowest BCUT2D eigenvalue weighted by Gasteiger charge is -2.15. The van der Waals surface area contributed by atoms with Crippen LogP contribution in [0.5, 0.6) is 5.75 Å². The highest BCUT2D eigenvalue weighted by molar-refractivity contribution is 6.06. The molecule has 5 heteroatoms. The number of hydrogen-bond acceptors (Lipinski definition) is 4. The van der Waals surface area contributed by atoms with Crippen molar-refractivity contribution in [2.45, 2.75) is 26.4 Å². The zero-order valence-corrected chi connectivity index (χ0v) is 13.6. The molecule has 2 aromatic rings. The Bertz CT molecular complexity index is 711. The van der Waals surface area contributed by atoms with Crippen LogP contribution in [-0.4, -0.2) is 31.6 Å². The Hall–Kier alpha value is -2.56. The lowest BCUT2D eigenvalue weighted by atomic mass is 10.0. The second-order valence-corrected chi connectivity index (χ2v) is 5.20. The van der Waals surface area contributed by atoms with Crippen LogP contribution in [0, 0.1) is 0 Å². The predicted molar refractivity (Wildman–Crippen MR) is 88.7 cm³/mol. The van der Waals surface area contributed by atoms with Gasteiger partial charge in [0.1, 0.15) is 5.75 Å². The fourth-order valence-electron chi connectivity index (χ4n) is 2.30. The molecule has 0 saturated heterocycles. The number of nitrogens with one attached hydrogen (secondary N) is 1. The Morgan fingerprint density at radius 1 is 1.13 bits per heavy atom. The Labute approximate surface area is 135 Å². The summed E-state index contributed by atoms with van der Waals surface area (Å²) in [5.41, 5.74) is 0.413. The molecule has 2 aromatic carbocycles. The highest BCUT2D eigenvalue weighted by atomic mass is 16.5. The van der Waals surface area contributed by atoms with Gasteiger partial charge in [-0.2, -0.15) is 0 Å². The summed E-state index contributed by atoms with van der Waals surface area (Å²) in [4.78, 5) is 24.2. The molecule has 0 aliphatic carbocycles. The minimum atomic E-state index is -0.838. The van der Waals surface area contributed by atoms with E-state index in [2.05, 4.69) is 5.32 Å². The number of carbonyl (C=O) groups excluding carboxylic acids is 2. The maximum absolute atomic E-state index is 12.4. The molecule has 0 fully saturated rings. The number of esters is 1. The van der Waals surface area contributed by atoms with Crippen molar-refractivity contribution < 1.29 is 19.1 Å². The van der Waals surface area contributed by atoms with Gasteiger partial charge in [-0.3, -0.25) is 4.79 Å². The van der Waals surface area contributed by atoms with Crippen molar-refractivity contribution in [1.29, 1.82) is 0 Å². The maximum Gasteiger partial charge on any atom is 0.339 e. The molecule has 5 nitrogen and oxygen atoms in total. The highest BCUT2D eigenvalue weighted by Gasteiger charge is 2.20. The molecule has 0 spiro atoms. The monoisotopic (exact) mass is 315 g/mol. The van der Waals surface area contributed by atoms with E-state index in [4.69, 9.17) is 9.47 Å². The number of carbonyl (C=O) groups is 2. The number of hydrogen-bond donors (Lipinski definition) is 1. The van der Waals surface area contributed by atoms with Gasteiger partial charge in [0.25, 0.3) is 5.91 Å². The van der Waals surface area contributed by atoms with E-state index in [1.165, 1.54) is 0 Å². The number of fused-ring (bicyclic) bond motifs is 1. The zero-order valence-electron chi connectivity index (χ0n) is 13.6. The lowest BCUT2D eigenvalue weighted by Crippen LogP contribution is -2.36. The van der Waals surface area contributed by atoms with Crippen molar-refractivity contribution in [1.82, 2.24) is 5.32 Å². The molecule has 0 saturated carbocycles. The first-order valence-electron chi connectivity index (χ1n) is 7.63. The van der Waals surface area contributed by atoms with Crippen molar-refractivity contribution in [2.24, 2.45) is 0 Å². The molecule has 2 rings (SSSR count). The Morgan fingerprint density at radius 3 is 2.48 bits per heavy atom. The van der Waals surface area contributed by atoms with Gasteiger partial charge in [-0.15, -0.1) is 0 Å². The molecular formula is C18H21NO4. The van der Waals surface area contributed by atoms with Gasteiger partial charge in [0.15, 0.2) is 6.10 Å². The quantitative estimate of drug-likeness (QED) is 0.833. The molecule has 0 aromatic heterocycles. The van der Waals surface area contributed by atoms with Crippen molar-refractivity contribution in [3.8, 4) is 5.75 Å². The van der Waals surface area contributed by atoms with Crippen LogP contribution in [0.1, 0.15) is 30.6 Å². The van der Waals surface area contributed by atoms with Crippen molar-refractivity contribution in [2.75, 3.05) is 13.7 Å². The summed E-state index contributed by atoms with van der Waals surface area (Å²) < 4.78 is 10.6. The SMILES string of the molecule is CCCNC(=O)C(C)OC(=O)c1ccc(OC)c2ccccc12. The Balaban J connectivity index is 2.23. The standard InChI is InChI=1S/C18H21NO4/c1-4-11-19-17(20)12(2)23-18(21)15-9-10-16(22-3)14-8-6-5-7-13(14)15/h5-10,12H,4,11H2,1-3H3,(H,19,20). The lowest BCUT2D eigenvalue weighted by molar-refractivity contribution is -0.129. The topological polar surface area (TPSA) is 64.6 Å². The third-order valence-corrected chi connectivity index (χ3v) is 3.53. The average molecular weight is 315 g/mol. The third kappa shape index (κ3) is 3.80. The number of rotatable bonds is 6. The maximum atomic E-state index is 12.4. The fraction of sp³-hybridized carbons (Fsp3) is 0.333. The van der Waals surface area contributed by atoms with Gasteiger partial charge >= 0.3 is 5.97 Å². The summed E-state index contributed by atoms with van der Waals surface area (Å²) in [7, 11) is 1.58. The summed E-state index contributed by atoms with van der Waals surface area (Å²) in [5, 5.41) is 4.27. The molecule has 0 bridgehead atoms. The van der Waals surface area contributed by atoms with E-state index < -0.39 is 12.1 Å². The first-order valence-corrected chi connectivity index (χ1v) is 7.63. The van der Waals surface area contributed by atoms with Crippen molar-refractivity contribution in [3.05, 3.63) is 42.0 Å². The van der Waals surface area contributed by atoms with Gasteiger partial charge in [0.2, 0.25) is 0 Å².